The molecule has 1 unspecified atom stereocenters. The summed E-state index contributed by atoms with van der Waals surface area (Å²) in [7, 11) is 1.86. The molecule has 0 saturated heterocycles. The van der Waals surface area contributed by atoms with Gasteiger partial charge in [0.2, 0.25) is 0 Å². The maximum absolute atomic E-state index is 9.96. The number of aryl methyl sites for hydroxylation is 2. The van der Waals surface area contributed by atoms with Gasteiger partial charge in [-0.15, -0.1) is 11.3 Å². The van der Waals surface area contributed by atoms with Crippen LogP contribution < -0.4 is 0 Å². The first-order valence-corrected chi connectivity index (χ1v) is 6.33. The van der Waals surface area contributed by atoms with Crippen molar-refractivity contribution < 1.29 is 5.11 Å². The third-order valence-electron chi connectivity index (χ3n) is 2.68. The van der Waals surface area contributed by atoms with Crippen molar-refractivity contribution in [3.63, 3.8) is 0 Å². The van der Waals surface area contributed by atoms with Crippen molar-refractivity contribution >= 4 is 11.3 Å². The molecule has 2 aromatic rings. The number of aromatic nitrogens is 2. The summed E-state index contributed by atoms with van der Waals surface area (Å²) in [6, 6.07) is 6.08. The van der Waals surface area contributed by atoms with E-state index in [-0.39, 0.29) is 0 Å². The lowest BCUT2D eigenvalue weighted by Crippen LogP contribution is -2.05. The Hall–Kier alpha value is -1.13. The molecule has 0 fully saturated rings. The second-order valence-corrected chi connectivity index (χ2v) is 4.90. The third-order valence-corrected chi connectivity index (χ3v) is 3.62. The van der Waals surface area contributed by atoms with Gasteiger partial charge in [0.25, 0.3) is 0 Å². The lowest BCUT2D eigenvalue weighted by atomic mass is 10.1. The summed E-state index contributed by atoms with van der Waals surface area (Å²) in [5, 5.41) is 16.1. The van der Waals surface area contributed by atoms with Gasteiger partial charge in [-0.25, -0.2) is 0 Å². The van der Waals surface area contributed by atoms with Gasteiger partial charge in [-0.05, 0) is 36.8 Å². The standard InChI is InChI=1S/C12H16N2OS/c1-14-11(7-8-13-14)12(15)6-2-4-10-5-3-9-16-10/h3,5,7-9,12,15H,2,4,6H2,1H3. The summed E-state index contributed by atoms with van der Waals surface area (Å²) in [6.45, 7) is 0. The minimum absolute atomic E-state index is 0.396. The fourth-order valence-corrected chi connectivity index (χ4v) is 2.53. The van der Waals surface area contributed by atoms with Crippen LogP contribution in [-0.2, 0) is 13.5 Å². The normalized spacial score (nSPS) is 12.9. The van der Waals surface area contributed by atoms with E-state index in [0.717, 1.165) is 25.0 Å². The molecule has 0 saturated carbocycles. The number of rotatable bonds is 5. The highest BCUT2D eigenvalue weighted by molar-refractivity contribution is 7.09. The molecule has 2 rings (SSSR count). The highest BCUT2D eigenvalue weighted by atomic mass is 32.1. The summed E-state index contributed by atoms with van der Waals surface area (Å²) in [4.78, 5) is 1.39. The summed E-state index contributed by atoms with van der Waals surface area (Å²) in [6.07, 6.45) is 4.17. The van der Waals surface area contributed by atoms with Crippen LogP contribution >= 0.6 is 11.3 Å². The molecule has 0 spiro atoms. The van der Waals surface area contributed by atoms with Crippen molar-refractivity contribution in [3.05, 3.63) is 40.3 Å². The number of thiophene rings is 1. The fourth-order valence-electron chi connectivity index (χ4n) is 1.78. The van der Waals surface area contributed by atoms with E-state index in [0.29, 0.717) is 0 Å². The van der Waals surface area contributed by atoms with Crippen LogP contribution in [0.1, 0.15) is 29.5 Å². The molecular formula is C12H16N2OS. The first-order chi connectivity index (χ1) is 7.77. The molecule has 0 bridgehead atoms. The van der Waals surface area contributed by atoms with E-state index in [1.807, 2.05) is 13.1 Å². The molecule has 0 aliphatic rings. The van der Waals surface area contributed by atoms with E-state index in [2.05, 4.69) is 22.6 Å². The van der Waals surface area contributed by atoms with Crippen LogP contribution in [-0.4, -0.2) is 14.9 Å². The van der Waals surface area contributed by atoms with Crippen LogP contribution in [0.25, 0.3) is 0 Å². The molecule has 2 aromatic heterocycles. The lowest BCUT2D eigenvalue weighted by molar-refractivity contribution is 0.155. The smallest absolute Gasteiger partial charge is 0.0956 e. The summed E-state index contributed by atoms with van der Waals surface area (Å²) >= 11 is 1.78. The maximum atomic E-state index is 9.96. The van der Waals surface area contributed by atoms with E-state index in [1.54, 1.807) is 22.2 Å². The average Bonchev–Trinajstić information content (AvgIpc) is 2.88. The van der Waals surface area contributed by atoms with Crippen LogP contribution in [0.3, 0.4) is 0 Å². The van der Waals surface area contributed by atoms with Gasteiger partial charge in [0, 0.05) is 18.1 Å². The van der Waals surface area contributed by atoms with E-state index in [1.165, 1.54) is 4.88 Å². The fraction of sp³-hybridized carbons (Fsp3) is 0.417. The molecular weight excluding hydrogens is 220 g/mol. The monoisotopic (exact) mass is 236 g/mol. The second kappa shape index (κ2) is 5.27. The molecule has 16 heavy (non-hydrogen) atoms. The maximum Gasteiger partial charge on any atom is 0.0956 e. The summed E-state index contributed by atoms with van der Waals surface area (Å²) < 4.78 is 1.73. The predicted molar refractivity (Wildman–Crippen MR) is 65.4 cm³/mol. The van der Waals surface area contributed by atoms with Crippen LogP contribution in [0, 0.1) is 0 Å². The zero-order valence-corrected chi connectivity index (χ0v) is 10.2. The van der Waals surface area contributed by atoms with E-state index < -0.39 is 6.10 Å². The largest absolute Gasteiger partial charge is 0.387 e. The zero-order chi connectivity index (χ0) is 11.4. The van der Waals surface area contributed by atoms with Crippen LogP contribution in [0.2, 0.25) is 0 Å². The lowest BCUT2D eigenvalue weighted by Gasteiger charge is -2.10. The average molecular weight is 236 g/mol. The van der Waals surface area contributed by atoms with Crippen molar-refractivity contribution in [2.75, 3.05) is 0 Å². The topological polar surface area (TPSA) is 38.0 Å². The van der Waals surface area contributed by atoms with E-state index in [4.69, 9.17) is 0 Å². The Labute approximate surface area is 99.4 Å². The van der Waals surface area contributed by atoms with Crippen molar-refractivity contribution in [2.24, 2.45) is 7.05 Å². The first kappa shape index (κ1) is 11.4. The van der Waals surface area contributed by atoms with Crippen molar-refractivity contribution in [1.29, 1.82) is 0 Å². The molecule has 86 valence electrons. The Bertz CT molecular complexity index is 422. The number of hydrogen-bond acceptors (Lipinski definition) is 3. The Morgan fingerprint density at radius 2 is 2.38 bits per heavy atom. The molecule has 3 nitrogen and oxygen atoms in total. The van der Waals surface area contributed by atoms with Gasteiger partial charge in [-0.1, -0.05) is 6.07 Å². The molecule has 0 radical (unpaired) electrons. The highest BCUT2D eigenvalue weighted by Crippen LogP contribution is 2.19. The zero-order valence-electron chi connectivity index (χ0n) is 9.34. The number of aliphatic hydroxyl groups excluding tert-OH is 1. The molecule has 0 aromatic carbocycles. The molecule has 2 heterocycles. The Balaban J connectivity index is 1.80. The molecule has 0 aliphatic carbocycles. The SMILES string of the molecule is Cn1nccc1C(O)CCCc1cccs1. The van der Waals surface area contributed by atoms with Crippen LogP contribution in [0.15, 0.2) is 29.8 Å². The summed E-state index contributed by atoms with van der Waals surface area (Å²) in [5.74, 6) is 0. The Morgan fingerprint density at radius 1 is 1.50 bits per heavy atom. The van der Waals surface area contributed by atoms with Gasteiger partial charge in [-0.3, -0.25) is 4.68 Å². The van der Waals surface area contributed by atoms with Crippen molar-refractivity contribution in [2.45, 2.75) is 25.4 Å². The Kier molecular flexibility index (Phi) is 3.74. The number of nitrogens with zero attached hydrogens (tertiary/aromatic N) is 2. The minimum Gasteiger partial charge on any atom is -0.387 e. The molecule has 1 N–H and O–H groups in total. The minimum atomic E-state index is -0.396. The van der Waals surface area contributed by atoms with E-state index >= 15 is 0 Å². The molecule has 0 amide bonds. The van der Waals surface area contributed by atoms with Crippen LogP contribution in [0.5, 0.6) is 0 Å². The van der Waals surface area contributed by atoms with E-state index in [9.17, 15) is 5.11 Å². The number of aliphatic hydroxyl groups is 1. The van der Waals surface area contributed by atoms with Gasteiger partial charge in [0.15, 0.2) is 0 Å². The van der Waals surface area contributed by atoms with Crippen molar-refractivity contribution in [1.82, 2.24) is 9.78 Å². The third kappa shape index (κ3) is 2.71. The summed E-state index contributed by atoms with van der Waals surface area (Å²) in [5.41, 5.74) is 0.895. The molecule has 4 heteroatoms. The van der Waals surface area contributed by atoms with Gasteiger partial charge < -0.3 is 5.11 Å². The van der Waals surface area contributed by atoms with Gasteiger partial charge >= 0.3 is 0 Å². The number of hydrogen-bond donors (Lipinski definition) is 1. The van der Waals surface area contributed by atoms with Gasteiger partial charge in [0.05, 0.1) is 11.8 Å². The van der Waals surface area contributed by atoms with Crippen LogP contribution in [0.4, 0.5) is 0 Å². The van der Waals surface area contributed by atoms with Crippen molar-refractivity contribution in [3.8, 4) is 0 Å². The quantitative estimate of drug-likeness (QED) is 0.866. The van der Waals surface area contributed by atoms with Gasteiger partial charge in [0.1, 0.15) is 0 Å². The second-order valence-electron chi connectivity index (χ2n) is 3.87. The first-order valence-electron chi connectivity index (χ1n) is 5.45. The molecule has 0 aliphatic heterocycles. The predicted octanol–water partition coefficient (Wildman–Crippen LogP) is 2.54. The highest BCUT2D eigenvalue weighted by Gasteiger charge is 2.10. The molecule has 1 atom stereocenters. The van der Waals surface area contributed by atoms with Gasteiger partial charge in [-0.2, -0.15) is 5.10 Å². The Morgan fingerprint density at radius 3 is 3.00 bits per heavy atom.